The van der Waals surface area contributed by atoms with E-state index >= 15 is 0 Å². The van der Waals surface area contributed by atoms with Gasteiger partial charge in [0.2, 0.25) is 0 Å². The summed E-state index contributed by atoms with van der Waals surface area (Å²) in [6, 6.07) is 8.82. The molecule has 0 fully saturated rings. The normalized spacial score (nSPS) is 10.6. The van der Waals surface area contributed by atoms with Crippen molar-refractivity contribution in [1.29, 1.82) is 0 Å². The SMILES string of the molecule is C=C(C)Cn1c(=O)ccc2cc(N(C)CC(=O)O)ccc21. The molecule has 1 N–H and O–H groups in total. The average molecular weight is 286 g/mol. The van der Waals surface area contributed by atoms with Crippen LogP contribution in [0, 0.1) is 0 Å². The molecular formula is C16H18N2O3. The highest BCUT2D eigenvalue weighted by Crippen LogP contribution is 2.20. The molecule has 1 aromatic carbocycles. The number of aromatic nitrogens is 1. The highest BCUT2D eigenvalue weighted by molar-refractivity contribution is 5.84. The molecule has 0 bridgehead atoms. The van der Waals surface area contributed by atoms with E-state index in [4.69, 9.17) is 5.11 Å². The van der Waals surface area contributed by atoms with E-state index < -0.39 is 5.97 Å². The average Bonchev–Trinajstić information content (AvgIpc) is 2.40. The first-order valence-corrected chi connectivity index (χ1v) is 6.59. The van der Waals surface area contributed by atoms with Gasteiger partial charge in [-0.25, -0.2) is 0 Å². The van der Waals surface area contributed by atoms with Gasteiger partial charge in [-0.2, -0.15) is 0 Å². The Morgan fingerprint density at radius 3 is 2.67 bits per heavy atom. The third kappa shape index (κ3) is 3.31. The topological polar surface area (TPSA) is 62.5 Å². The first-order chi connectivity index (χ1) is 9.88. The van der Waals surface area contributed by atoms with Crippen molar-refractivity contribution in [3.8, 4) is 0 Å². The Morgan fingerprint density at radius 2 is 2.05 bits per heavy atom. The summed E-state index contributed by atoms with van der Waals surface area (Å²) in [4.78, 5) is 24.4. The number of nitrogens with zero attached hydrogens (tertiary/aromatic N) is 2. The summed E-state index contributed by atoms with van der Waals surface area (Å²) in [5.74, 6) is -0.884. The lowest BCUT2D eigenvalue weighted by molar-refractivity contribution is -0.135. The van der Waals surface area contributed by atoms with Crippen LogP contribution in [0.3, 0.4) is 0 Å². The predicted octanol–water partition coefficient (Wildman–Crippen LogP) is 2.10. The van der Waals surface area contributed by atoms with Gasteiger partial charge in [0.05, 0.1) is 5.52 Å². The summed E-state index contributed by atoms with van der Waals surface area (Å²) in [5, 5.41) is 9.74. The number of benzene rings is 1. The molecule has 0 aliphatic rings. The number of likely N-dealkylation sites (N-methyl/N-ethyl adjacent to an activating group) is 1. The second-order valence-electron chi connectivity index (χ2n) is 5.21. The molecule has 0 saturated carbocycles. The van der Waals surface area contributed by atoms with Gasteiger partial charge in [-0.05, 0) is 31.2 Å². The minimum Gasteiger partial charge on any atom is -0.480 e. The van der Waals surface area contributed by atoms with Crippen LogP contribution in [0.15, 0.2) is 47.3 Å². The van der Waals surface area contributed by atoms with Crippen LogP contribution >= 0.6 is 0 Å². The van der Waals surface area contributed by atoms with Gasteiger partial charge in [0.1, 0.15) is 6.54 Å². The van der Waals surface area contributed by atoms with Crippen LogP contribution in [0.2, 0.25) is 0 Å². The maximum absolute atomic E-state index is 12.0. The van der Waals surface area contributed by atoms with Crippen LogP contribution in [-0.4, -0.2) is 29.2 Å². The molecule has 0 aliphatic carbocycles. The van der Waals surface area contributed by atoms with Crippen molar-refractivity contribution in [1.82, 2.24) is 4.57 Å². The van der Waals surface area contributed by atoms with E-state index in [1.54, 1.807) is 22.6 Å². The van der Waals surface area contributed by atoms with Crippen molar-refractivity contribution in [3.05, 3.63) is 52.8 Å². The number of carboxylic acid groups (broad SMARTS) is 1. The van der Waals surface area contributed by atoms with Crippen LogP contribution in [0.5, 0.6) is 0 Å². The third-order valence-corrected chi connectivity index (χ3v) is 3.21. The second-order valence-corrected chi connectivity index (χ2v) is 5.21. The fourth-order valence-corrected chi connectivity index (χ4v) is 2.26. The Labute approximate surface area is 122 Å². The zero-order chi connectivity index (χ0) is 15.6. The van der Waals surface area contributed by atoms with Gasteiger partial charge in [0.15, 0.2) is 0 Å². The first-order valence-electron chi connectivity index (χ1n) is 6.59. The van der Waals surface area contributed by atoms with Crippen LogP contribution in [0.4, 0.5) is 5.69 Å². The predicted molar refractivity (Wildman–Crippen MR) is 83.9 cm³/mol. The van der Waals surface area contributed by atoms with E-state index in [0.29, 0.717) is 6.54 Å². The number of fused-ring (bicyclic) bond motifs is 1. The Morgan fingerprint density at radius 1 is 1.33 bits per heavy atom. The van der Waals surface area contributed by atoms with E-state index in [1.165, 1.54) is 6.07 Å². The number of carbonyl (C=O) groups is 1. The van der Waals surface area contributed by atoms with Crippen LogP contribution in [0.25, 0.3) is 10.9 Å². The molecule has 5 nitrogen and oxygen atoms in total. The Bertz CT molecular complexity index is 762. The number of rotatable bonds is 5. The Balaban J connectivity index is 2.50. The van der Waals surface area contributed by atoms with Crippen molar-refractivity contribution in [3.63, 3.8) is 0 Å². The van der Waals surface area contributed by atoms with E-state index in [2.05, 4.69) is 6.58 Å². The zero-order valence-electron chi connectivity index (χ0n) is 12.2. The van der Waals surface area contributed by atoms with E-state index in [9.17, 15) is 9.59 Å². The van der Waals surface area contributed by atoms with E-state index in [1.807, 2.05) is 25.1 Å². The number of carboxylic acids is 1. The number of anilines is 1. The summed E-state index contributed by atoms with van der Waals surface area (Å²) in [6.07, 6.45) is 0. The molecular weight excluding hydrogens is 268 g/mol. The van der Waals surface area contributed by atoms with Gasteiger partial charge in [0.25, 0.3) is 5.56 Å². The quantitative estimate of drug-likeness (QED) is 0.855. The number of hydrogen-bond donors (Lipinski definition) is 1. The Kier molecular flexibility index (Phi) is 4.12. The summed E-state index contributed by atoms with van der Waals surface area (Å²) in [5.41, 5.74) is 2.44. The first kappa shape index (κ1) is 14.8. The van der Waals surface area contributed by atoms with Crippen molar-refractivity contribution in [2.24, 2.45) is 0 Å². The van der Waals surface area contributed by atoms with Crippen molar-refractivity contribution < 1.29 is 9.90 Å². The molecule has 0 unspecified atom stereocenters. The zero-order valence-corrected chi connectivity index (χ0v) is 12.2. The molecule has 21 heavy (non-hydrogen) atoms. The molecule has 0 spiro atoms. The molecule has 2 rings (SSSR count). The Hall–Kier alpha value is -2.56. The summed E-state index contributed by atoms with van der Waals surface area (Å²) in [6.45, 7) is 6.12. The van der Waals surface area contributed by atoms with Gasteiger partial charge in [0, 0.05) is 30.7 Å². The number of aliphatic carboxylic acids is 1. The lowest BCUT2D eigenvalue weighted by atomic mass is 10.1. The van der Waals surface area contributed by atoms with Crippen molar-refractivity contribution in [2.45, 2.75) is 13.5 Å². The van der Waals surface area contributed by atoms with Crippen LogP contribution in [-0.2, 0) is 11.3 Å². The monoisotopic (exact) mass is 286 g/mol. The number of hydrogen-bond acceptors (Lipinski definition) is 3. The van der Waals surface area contributed by atoms with Crippen molar-refractivity contribution >= 4 is 22.6 Å². The third-order valence-electron chi connectivity index (χ3n) is 3.21. The molecule has 1 aromatic heterocycles. The minimum atomic E-state index is -0.884. The van der Waals surface area contributed by atoms with Gasteiger partial charge < -0.3 is 14.6 Å². The molecule has 0 radical (unpaired) electrons. The largest absolute Gasteiger partial charge is 0.480 e. The molecule has 0 aliphatic heterocycles. The van der Waals surface area contributed by atoms with Crippen LogP contribution < -0.4 is 10.5 Å². The van der Waals surface area contributed by atoms with Crippen molar-refractivity contribution in [2.75, 3.05) is 18.5 Å². The van der Waals surface area contributed by atoms with Crippen LogP contribution in [0.1, 0.15) is 6.92 Å². The number of pyridine rings is 1. The minimum absolute atomic E-state index is 0.0721. The maximum Gasteiger partial charge on any atom is 0.323 e. The fraction of sp³-hybridized carbons (Fsp3) is 0.250. The molecule has 2 aromatic rings. The van der Waals surface area contributed by atoms with E-state index in [-0.39, 0.29) is 12.1 Å². The summed E-state index contributed by atoms with van der Waals surface area (Å²) >= 11 is 0. The lowest BCUT2D eigenvalue weighted by Gasteiger charge is -2.18. The highest BCUT2D eigenvalue weighted by Gasteiger charge is 2.08. The molecule has 0 atom stereocenters. The molecule has 0 saturated heterocycles. The van der Waals surface area contributed by atoms with E-state index in [0.717, 1.165) is 22.2 Å². The summed E-state index contributed by atoms with van der Waals surface area (Å²) in [7, 11) is 1.72. The van der Waals surface area contributed by atoms with Gasteiger partial charge >= 0.3 is 5.97 Å². The lowest BCUT2D eigenvalue weighted by Crippen LogP contribution is -2.25. The fourth-order valence-electron chi connectivity index (χ4n) is 2.26. The maximum atomic E-state index is 12.0. The highest BCUT2D eigenvalue weighted by atomic mass is 16.4. The second kappa shape index (κ2) is 5.83. The molecule has 5 heteroatoms. The summed E-state index contributed by atoms with van der Waals surface area (Å²) < 4.78 is 1.67. The number of allylic oxidation sites excluding steroid dienone is 1. The smallest absolute Gasteiger partial charge is 0.323 e. The van der Waals surface area contributed by atoms with Gasteiger partial charge in [-0.15, -0.1) is 0 Å². The molecule has 110 valence electrons. The molecule has 1 heterocycles. The molecule has 0 amide bonds. The van der Waals surface area contributed by atoms with Gasteiger partial charge in [-0.3, -0.25) is 9.59 Å². The van der Waals surface area contributed by atoms with Gasteiger partial charge in [-0.1, -0.05) is 12.2 Å². The standard InChI is InChI=1S/C16H18N2O3/c1-11(2)9-18-14-6-5-13(17(3)10-16(20)21)8-12(14)4-7-15(18)19/h4-8H,1,9-10H2,2-3H3,(H,20,21).